The largest absolute Gasteiger partial charge is 0.384 e. The molecule has 1 amide bonds. The Bertz CT molecular complexity index is 147. The summed E-state index contributed by atoms with van der Waals surface area (Å²) in [5.41, 5.74) is 0.216. The molecule has 0 aliphatic heterocycles. The van der Waals surface area contributed by atoms with Crippen molar-refractivity contribution in [2.75, 3.05) is 20.3 Å². The van der Waals surface area contributed by atoms with Gasteiger partial charge in [0.15, 0.2) is 0 Å². The van der Waals surface area contributed by atoms with E-state index in [4.69, 9.17) is 4.74 Å². The van der Waals surface area contributed by atoms with Crippen molar-refractivity contribution in [1.82, 2.24) is 5.32 Å². The molecule has 0 aromatic carbocycles. The van der Waals surface area contributed by atoms with Gasteiger partial charge in [-0.1, -0.05) is 19.3 Å². The van der Waals surface area contributed by atoms with Gasteiger partial charge in [0.2, 0.25) is 6.41 Å². The molecular weight excluding hydrogens is 166 g/mol. The van der Waals surface area contributed by atoms with E-state index in [9.17, 15) is 4.79 Å². The minimum absolute atomic E-state index is 0.216. The zero-order chi connectivity index (χ0) is 9.57. The van der Waals surface area contributed by atoms with Crippen LogP contribution in [0.15, 0.2) is 0 Å². The van der Waals surface area contributed by atoms with Gasteiger partial charge in [-0.25, -0.2) is 0 Å². The second kappa shape index (κ2) is 5.22. The van der Waals surface area contributed by atoms with E-state index in [1.54, 1.807) is 7.11 Å². The van der Waals surface area contributed by atoms with Crippen molar-refractivity contribution in [2.45, 2.75) is 32.1 Å². The summed E-state index contributed by atoms with van der Waals surface area (Å²) in [6, 6.07) is 0. The van der Waals surface area contributed by atoms with Crippen molar-refractivity contribution in [3.8, 4) is 0 Å². The van der Waals surface area contributed by atoms with E-state index in [0.29, 0.717) is 0 Å². The van der Waals surface area contributed by atoms with Gasteiger partial charge in [-0.3, -0.25) is 4.79 Å². The molecule has 0 atom stereocenters. The van der Waals surface area contributed by atoms with E-state index >= 15 is 0 Å². The summed E-state index contributed by atoms with van der Waals surface area (Å²) in [4.78, 5) is 10.2. The van der Waals surface area contributed by atoms with Crippen molar-refractivity contribution in [3.05, 3.63) is 0 Å². The molecule has 1 rings (SSSR count). The normalized spacial score (nSPS) is 21.0. The molecule has 0 aromatic heterocycles. The zero-order valence-corrected chi connectivity index (χ0v) is 8.34. The van der Waals surface area contributed by atoms with Crippen LogP contribution in [0, 0.1) is 5.41 Å². The summed E-state index contributed by atoms with van der Waals surface area (Å²) in [6.07, 6.45) is 7.01. The average molecular weight is 185 g/mol. The first-order valence-corrected chi connectivity index (χ1v) is 4.99. The molecule has 0 spiro atoms. The molecule has 0 aromatic rings. The predicted octanol–water partition coefficient (Wildman–Crippen LogP) is 1.33. The summed E-state index contributed by atoms with van der Waals surface area (Å²) in [6.45, 7) is 1.54. The molecule has 0 unspecified atom stereocenters. The number of methoxy groups -OCH3 is 1. The lowest BCUT2D eigenvalue weighted by Crippen LogP contribution is -2.39. The van der Waals surface area contributed by atoms with Crippen LogP contribution in [-0.4, -0.2) is 26.7 Å². The van der Waals surface area contributed by atoms with Gasteiger partial charge < -0.3 is 10.1 Å². The average Bonchev–Trinajstić information content (AvgIpc) is 2.17. The molecule has 76 valence electrons. The zero-order valence-electron chi connectivity index (χ0n) is 8.34. The summed E-state index contributed by atoms with van der Waals surface area (Å²) in [5, 5.41) is 2.78. The molecule has 0 saturated heterocycles. The lowest BCUT2D eigenvalue weighted by atomic mass is 9.74. The molecule has 0 bridgehead atoms. The Kier molecular flexibility index (Phi) is 4.22. The third kappa shape index (κ3) is 2.99. The summed E-state index contributed by atoms with van der Waals surface area (Å²) < 4.78 is 5.23. The van der Waals surface area contributed by atoms with Crippen LogP contribution in [0.1, 0.15) is 32.1 Å². The molecule has 3 heteroatoms. The number of nitrogens with one attached hydrogen (secondary N) is 1. The van der Waals surface area contributed by atoms with Crippen LogP contribution in [0.3, 0.4) is 0 Å². The number of carbonyl (C=O) groups excluding carboxylic acids is 1. The summed E-state index contributed by atoms with van der Waals surface area (Å²) in [7, 11) is 1.73. The molecule has 1 fully saturated rings. The fourth-order valence-corrected chi connectivity index (χ4v) is 2.24. The fraction of sp³-hybridized carbons (Fsp3) is 0.900. The maximum absolute atomic E-state index is 10.2. The highest BCUT2D eigenvalue weighted by Gasteiger charge is 2.31. The topological polar surface area (TPSA) is 38.3 Å². The first-order chi connectivity index (χ1) is 6.33. The highest BCUT2D eigenvalue weighted by molar-refractivity contribution is 5.45. The standard InChI is InChI=1S/C10H19NO2/c1-13-8-10(7-11-9-12)5-3-2-4-6-10/h9H,2-8H2,1H3,(H,11,12). The lowest BCUT2D eigenvalue weighted by Gasteiger charge is -2.36. The van der Waals surface area contributed by atoms with E-state index in [1.165, 1.54) is 32.1 Å². The molecule has 1 N–H and O–H groups in total. The van der Waals surface area contributed by atoms with Crippen LogP contribution in [0.5, 0.6) is 0 Å². The Balaban J connectivity index is 2.44. The van der Waals surface area contributed by atoms with Crippen LogP contribution in [-0.2, 0) is 9.53 Å². The van der Waals surface area contributed by atoms with Crippen molar-refractivity contribution < 1.29 is 9.53 Å². The van der Waals surface area contributed by atoms with Gasteiger partial charge in [0.05, 0.1) is 6.61 Å². The molecule has 0 radical (unpaired) electrons. The monoisotopic (exact) mass is 185 g/mol. The number of ether oxygens (including phenoxy) is 1. The second-order valence-electron chi connectivity index (χ2n) is 3.99. The summed E-state index contributed by atoms with van der Waals surface area (Å²) in [5.74, 6) is 0. The molecule has 1 aliphatic carbocycles. The van der Waals surface area contributed by atoms with E-state index in [1.807, 2.05) is 0 Å². The maximum Gasteiger partial charge on any atom is 0.207 e. The van der Waals surface area contributed by atoms with Crippen LogP contribution >= 0.6 is 0 Å². The van der Waals surface area contributed by atoms with E-state index in [-0.39, 0.29) is 5.41 Å². The molecule has 0 heterocycles. The van der Waals surface area contributed by atoms with Gasteiger partial charge in [0.1, 0.15) is 0 Å². The first-order valence-electron chi connectivity index (χ1n) is 4.99. The Hall–Kier alpha value is -0.570. The van der Waals surface area contributed by atoms with Crippen LogP contribution < -0.4 is 5.32 Å². The Morgan fingerprint density at radius 1 is 1.38 bits per heavy atom. The van der Waals surface area contributed by atoms with Gasteiger partial charge in [0, 0.05) is 19.1 Å². The number of carbonyl (C=O) groups is 1. The van der Waals surface area contributed by atoms with E-state index in [0.717, 1.165) is 19.6 Å². The Morgan fingerprint density at radius 3 is 2.62 bits per heavy atom. The highest BCUT2D eigenvalue weighted by Crippen LogP contribution is 2.35. The molecule has 1 aliphatic rings. The van der Waals surface area contributed by atoms with Gasteiger partial charge in [-0.2, -0.15) is 0 Å². The predicted molar refractivity (Wildman–Crippen MR) is 51.5 cm³/mol. The SMILES string of the molecule is COCC1(CNC=O)CCCCC1. The van der Waals surface area contributed by atoms with E-state index < -0.39 is 0 Å². The van der Waals surface area contributed by atoms with Gasteiger partial charge in [0.25, 0.3) is 0 Å². The minimum Gasteiger partial charge on any atom is -0.384 e. The maximum atomic E-state index is 10.2. The van der Waals surface area contributed by atoms with Crippen LogP contribution in [0.2, 0.25) is 0 Å². The summed E-state index contributed by atoms with van der Waals surface area (Å²) >= 11 is 0. The number of hydrogen-bond donors (Lipinski definition) is 1. The van der Waals surface area contributed by atoms with Crippen LogP contribution in [0.4, 0.5) is 0 Å². The third-order valence-electron chi connectivity index (χ3n) is 2.93. The fourth-order valence-electron chi connectivity index (χ4n) is 2.24. The van der Waals surface area contributed by atoms with Gasteiger partial charge in [-0.15, -0.1) is 0 Å². The van der Waals surface area contributed by atoms with Crippen molar-refractivity contribution in [3.63, 3.8) is 0 Å². The Morgan fingerprint density at radius 2 is 2.08 bits per heavy atom. The lowest BCUT2D eigenvalue weighted by molar-refractivity contribution is -0.110. The highest BCUT2D eigenvalue weighted by atomic mass is 16.5. The third-order valence-corrected chi connectivity index (χ3v) is 2.93. The van der Waals surface area contributed by atoms with E-state index in [2.05, 4.69) is 5.32 Å². The van der Waals surface area contributed by atoms with Crippen molar-refractivity contribution >= 4 is 6.41 Å². The van der Waals surface area contributed by atoms with Gasteiger partial charge >= 0.3 is 0 Å². The van der Waals surface area contributed by atoms with Crippen LogP contribution in [0.25, 0.3) is 0 Å². The second-order valence-corrected chi connectivity index (χ2v) is 3.99. The molecule has 13 heavy (non-hydrogen) atoms. The van der Waals surface area contributed by atoms with Crippen molar-refractivity contribution in [2.24, 2.45) is 5.41 Å². The quantitative estimate of drug-likeness (QED) is 0.656. The number of hydrogen-bond acceptors (Lipinski definition) is 2. The molecular formula is C10H19NO2. The molecule has 3 nitrogen and oxygen atoms in total. The minimum atomic E-state index is 0.216. The number of amides is 1. The number of rotatable bonds is 5. The Labute approximate surface area is 79.8 Å². The molecule has 1 saturated carbocycles. The smallest absolute Gasteiger partial charge is 0.207 e. The van der Waals surface area contributed by atoms with Gasteiger partial charge in [-0.05, 0) is 12.8 Å². The first kappa shape index (κ1) is 10.5. The van der Waals surface area contributed by atoms with Crippen molar-refractivity contribution in [1.29, 1.82) is 0 Å².